The summed E-state index contributed by atoms with van der Waals surface area (Å²) < 4.78 is 23.4. The fourth-order valence-electron chi connectivity index (χ4n) is 3.76. The van der Waals surface area contributed by atoms with Crippen molar-refractivity contribution in [1.82, 2.24) is 4.57 Å². The van der Waals surface area contributed by atoms with Crippen molar-refractivity contribution in [2.24, 2.45) is 0 Å². The number of nitrogens with zero attached hydrogens (tertiary/aromatic N) is 1. The lowest BCUT2D eigenvalue weighted by atomic mass is 10.1. The van der Waals surface area contributed by atoms with Gasteiger partial charge in [-0.05, 0) is 53.8 Å². The number of benzene rings is 2. The molecule has 0 radical (unpaired) electrons. The van der Waals surface area contributed by atoms with E-state index in [-0.39, 0.29) is 11.0 Å². The number of ether oxygens (including phenoxy) is 1. The molecular formula is C25H32FNOSi. The van der Waals surface area contributed by atoms with E-state index in [1.54, 1.807) is 7.11 Å². The van der Waals surface area contributed by atoms with Crippen molar-refractivity contribution in [2.45, 2.75) is 52.8 Å². The molecule has 4 heteroatoms. The van der Waals surface area contributed by atoms with E-state index in [0.717, 1.165) is 33.4 Å². The van der Waals surface area contributed by atoms with Crippen LogP contribution < -0.4 is 10.1 Å². The summed E-state index contributed by atoms with van der Waals surface area (Å²) >= 11 is 0. The number of halogens is 1. The molecule has 0 bridgehead atoms. The van der Waals surface area contributed by atoms with Crippen molar-refractivity contribution in [1.29, 1.82) is 0 Å². The number of aromatic nitrogens is 1. The second kappa shape index (κ2) is 7.49. The number of methoxy groups -OCH3 is 1. The molecule has 3 aromatic rings. The molecule has 1 heterocycles. The standard InChI is InChI=1S/C25H32FNOSi/c1-17-14-20(28-6)15-18(2)23(17)27-22(29(7,8)25(3,4)5)16-21(24(27)26)19-12-10-9-11-13-19/h9-16H,1-8H3. The van der Waals surface area contributed by atoms with Gasteiger partial charge in [0.05, 0.1) is 12.8 Å². The van der Waals surface area contributed by atoms with Gasteiger partial charge in [0.1, 0.15) is 13.8 Å². The van der Waals surface area contributed by atoms with Crippen LogP contribution in [0.3, 0.4) is 0 Å². The topological polar surface area (TPSA) is 14.2 Å². The largest absolute Gasteiger partial charge is 0.497 e. The van der Waals surface area contributed by atoms with Gasteiger partial charge in [-0.25, -0.2) is 0 Å². The lowest BCUT2D eigenvalue weighted by Gasteiger charge is -2.38. The Bertz CT molecular complexity index is 1010. The maximum Gasteiger partial charge on any atom is 0.206 e. The third kappa shape index (κ3) is 3.66. The van der Waals surface area contributed by atoms with Crippen LogP contribution in [0.15, 0.2) is 48.5 Å². The summed E-state index contributed by atoms with van der Waals surface area (Å²) in [4.78, 5) is 0. The lowest BCUT2D eigenvalue weighted by molar-refractivity contribution is 0.414. The van der Waals surface area contributed by atoms with Gasteiger partial charge in [-0.1, -0.05) is 64.2 Å². The van der Waals surface area contributed by atoms with Crippen molar-refractivity contribution in [3.8, 4) is 22.6 Å². The molecule has 0 saturated carbocycles. The molecule has 0 N–H and O–H groups in total. The minimum atomic E-state index is -2.03. The maximum atomic E-state index is 16.1. The monoisotopic (exact) mass is 409 g/mol. The quantitative estimate of drug-likeness (QED) is 0.441. The Balaban J connectivity index is 2.39. The Kier molecular flexibility index (Phi) is 5.52. The Hall–Kier alpha value is -2.33. The van der Waals surface area contributed by atoms with Gasteiger partial charge in [-0.3, -0.25) is 4.57 Å². The van der Waals surface area contributed by atoms with E-state index in [9.17, 15) is 0 Å². The Morgan fingerprint density at radius 3 is 1.97 bits per heavy atom. The normalized spacial score (nSPS) is 12.3. The molecular weight excluding hydrogens is 377 g/mol. The molecule has 0 aliphatic rings. The van der Waals surface area contributed by atoms with E-state index < -0.39 is 8.07 Å². The Labute approximate surface area is 175 Å². The predicted octanol–water partition coefficient (Wildman–Crippen LogP) is 6.62. The van der Waals surface area contributed by atoms with E-state index >= 15 is 4.39 Å². The minimum Gasteiger partial charge on any atom is -0.497 e. The number of aryl methyl sites for hydroxylation is 2. The Morgan fingerprint density at radius 2 is 1.48 bits per heavy atom. The summed E-state index contributed by atoms with van der Waals surface area (Å²) in [6.45, 7) is 15.5. The molecule has 1 aromatic heterocycles. The number of rotatable bonds is 4. The fraction of sp³-hybridized carbons (Fsp3) is 0.360. The summed E-state index contributed by atoms with van der Waals surface area (Å²) in [5.41, 5.74) is 4.52. The van der Waals surface area contributed by atoms with Crippen LogP contribution in [-0.4, -0.2) is 19.8 Å². The smallest absolute Gasteiger partial charge is 0.206 e. The van der Waals surface area contributed by atoms with E-state index in [1.807, 2.05) is 60.9 Å². The van der Waals surface area contributed by atoms with Crippen molar-refractivity contribution in [3.05, 3.63) is 65.6 Å². The first-order valence-corrected chi connectivity index (χ1v) is 13.1. The first-order valence-electron chi connectivity index (χ1n) is 10.1. The first kappa shape index (κ1) is 21.4. The van der Waals surface area contributed by atoms with Crippen LogP contribution in [-0.2, 0) is 0 Å². The molecule has 0 saturated heterocycles. The van der Waals surface area contributed by atoms with Gasteiger partial charge in [0.15, 0.2) is 0 Å². The molecule has 0 atom stereocenters. The van der Waals surface area contributed by atoms with E-state index in [2.05, 4.69) is 39.9 Å². The first-order chi connectivity index (χ1) is 13.5. The summed E-state index contributed by atoms with van der Waals surface area (Å²) in [5, 5.41) is 1.19. The average Bonchev–Trinajstić information content (AvgIpc) is 2.98. The van der Waals surface area contributed by atoms with Crippen molar-refractivity contribution < 1.29 is 9.13 Å². The molecule has 29 heavy (non-hydrogen) atoms. The van der Waals surface area contributed by atoms with Crippen LogP contribution in [0.5, 0.6) is 5.75 Å². The number of hydrogen-bond acceptors (Lipinski definition) is 1. The second-order valence-electron chi connectivity index (χ2n) is 9.42. The van der Waals surface area contributed by atoms with Gasteiger partial charge in [-0.2, -0.15) is 4.39 Å². The van der Waals surface area contributed by atoms with Gasteiger partial charge >= 0.3 is 0 Å². The van der Waals surface area contributed by atoms with Gasteiger partial charge in [-0.15, -0.1) is 0 Å². The third-order valence-electron chi connectivity index (χ3n) is 6.46. The highest BCUT2D eigenvalue weighted by Crippen LogP contribution is 2.39. The summed E-state index contributed by atoms with van der Waals surface area (Å²) in [5.74, 6) is 0.612. The van der Waals surface area contributed by atoms with Crippen molar-refractivity contribution >= 4 is 13.4 Å². The van der Waals surface area contributed by atoms with Gasteiger partial charge in [0, 0.05) is 10.9 Å². The number of hydrogen-bond donors (Lipinski definition) is 0. The second-order valence-corrected chi connectivity index (χ2v) is 14.7. The zero-order valence-electron chi connectivity index (χ0n) is 18.9. The van der Waals surface area contributed by atoms with Crippen LogP contribution >= 0.6 is 0 Å². The van der Waals surface area contributed by atoms with E-state index in [4.69, 9.17) is 4.74 Å². The molecule has 0 aliphatic carbocycles. The molecule has 3 rings (SSSR count). The van der Waals surface area contributed by atoms with Crippen LogP contribution in [0.25, 0.3) is 16.8 Å². The average molecular weight is 410 g/mol. The highest BCUT2D eigenvalue weighted by atomic mass is 28.3. The molecule has 0 fully saturated rings. The van der Waals surface area contributed by atoms with Crippen LogP contribution in [0.1, 0.15) is 31.9 Å². The Morgan fingerprint density at radius 1 is 0.931 bits per heavy atom. The van der Waals surface area contributed by atoms with Gasteiger partial charge in [0.2, 0.25) is 5.95 Å². The summed E-state index contributed by atoms with van der Waals surface area (Å²) in [7, 11) is -0.362. The van der Waals surface area contributed by atoms with Crippen LogP contribution in [0.4, 0.5) is 4.39 Å². The van der Waals surface area contributed by atoms with E-state index in [1.165, 1.54) is 0 Å². The molecule has 2 nitrogen and oxygen atoms in total. The highest BCUT2D eigenvalue weighted by molar-refractivity contribution is 6.91. The van der Waals surface area contributed by atoms with Gasteiger partial charge in [0.25, 0.3) is 0 Å². The molecule has 0 unspecified atom stereocenters. The molecule has 0 amide bonds. The predicted molar refractivity (Wildman–Crippen MR) is 124 cm³/mol. The maximum absolute atomic E-state index is 16.1. The van der Waals surface area contributed by atoms with Crippen molar-refractivity contribution in [3.63, 3.8) is 0 Å². The zero-order valence-corrected chi connectivity index (χ0v) is 19.9. The van der Waals surface area contributed by atoms with Gasteiger partial charge < -0.3 is 4.74 Å². The molecule has 0 aliphatic heterocycles. The SMILES string of the molecule is COc1cc(C)c(-n2c([Si](C)(C)C(C)(C)C)cc(-c3ccccc3)c2F)c(C)c1. The highest BCUT2D eigenvalue weighted by Gasteiger charge is 2.41. The minimum absolute atomic E-state index is 0.0811. The van der Waals surface area contributed by atoms with Crippen molar-refractivity contribution in [2.75, 3.05) is 7.11 Å². The lowest BCUT2D eigenvalue weighted by Crippen LogP contribution is -2.52. The van der Waals surface area contributed by atoms with Crippen LogP contribution in [0, 0.1) is 19.8 Å². The third-order valence-corrected chi connectivity index (χ3v) is 11.9. The van der Waals surface area contributed by atoms with E-state index in [0.29, 0.717) is 5.56 Å². The molecule has 154 valence electrons. The molecule has 2 aromatic carbocycles. The molecule has 0 spiro atoms. The zero-order chi connectivity index (χ0) is 21.6. The summed E-state index contributed by atoms with van der Waals surface area (Å²) in [6.07, 6.45) is 0. The van der Waals surface area contributed by atoms with Crippen LogP contribution in [0.2, 0.25) is 18.1 Å². The summed E-state index contributed by atoms with van der Waals surface area (Å²) in [6, 6.07) is 15.9. The fourth-order valence-corrected chi connectivity index (χ4v) is 5.80.